The molecular weight excluding hydrogens is 391 g/mol. The first kappa shape index (κ1) is 13.5. The van der Waals surface area contributed by atoms with E-state index in [9.17, 15) is 0 Å². The van der Waals surface area contributed by atoms with Crippen molar-refractivity contribution in [3.63, 3.8) is 0 Å². The number of anilines is 1. The molecule has 1 aliphatic rings. The van der Waals surface area contributed by atoms with Gasteiger partial charge in [0.25, 0.3) is 0 Å². The van der Waals surface area contributed by atoms with Crippen LogP contribution in [0.2, 0.25) is 0 Å². The summed E-state index contributed by atoms with van der Waals surface area (Å²) in [4.78, 5) is 5.94. The first-order chi connectivity index (χ1) is 10.3. The molecule has 0 aliphatic heterocycles. The van der Waals surface area contributed by atoms with Gasteiger partial charge in [0.15, 0.2) is 0 Å². The van der Waals surface area contributed by atoms with Crippen LogP contribution < -0.4 is 5.32 Å². The van der Waals surface area contributed by atoms with Crippen molar-refractivity contribution < 1.29 is 0 Å². The average Bonchev–Trinajstić information content (AvgIpc) is 2.89. The van der Waals surface area contributed by atoms with Gasteiger partial charge in [-0.3, -0.25) is 4.98 Å². The second-order valence-corrected chi connectivity index (χ2v) is 8.46. The molecule has 2 heterocycles. The summed E-state index contributed by atoms with van der Waals surface area (Å²) in [5.74, 6) is 0. The van der Waals surface area contributed by atoms with Crippen molar-refractivity contribution in [3.05, 3.63) is 55.9 Å². The lowest BCUT2D eigenvalue weighted by atomic mass is 9.94. The molecule has 0 bridgehead atoms. The lowest BCUT2D eigenvalue weighted by Crippen LogP contribution is -2.15. The topological polar surface area (TPSA) is 24.9 Å². The third-order valence-electron chi connectivity index (χ3n) is 4.03. The van der Waals surface area contributed by atoms with Crippen LogP contribution >= 0.6 is 33.9 Å². The molecule has 2 aromatic heterocycles. The molecule has 0 radical (unpaired) electrons. The maximum absolute atomic E-state index is 4.38. The SMILES string of the molecule is Ic1cc2c(s1)CCCC2Nc1ccc2ncccc2c1. The van der Waals surface area contributed by atoms with Gasteiger partial charge in [-0.2, -0.15) is 0 Å². The highest BCUT2D eigenvalue weighted by Gasteiger charge is 2.22. The van der Waals surface area contributed by atoms with Crippen LogP contribution in [0.25, 0.3) is 10.9 Å². The summed E-state index contributed by atoms with van der Waals surface area (Å²) < 4.78 is 1.40. The molecule has 1 atom stereocenters. The molecular formula is C17H15IN2S. The van der Waals surface area contributed by atoms with Crippen LogP contribution in [0.15, 0.2) is 42.6 Å². The highest BCUT2D eigenvalue weighted by atomic mass is 127. The van der Waals surface area contributed by atoms with Gasteiger partial charge < -0.3 is 5.32 Å². The average molecular weight is 406 g/mol. The number of hydrogen-bond acceptors (Lipinski definition) is 3. The Hall–Kier alpha value is -1.14. The molecule has 1 unspecified atom stereocenters. The number of hydrogen-bond donors (Lipinski definition) is 1. The second kappa shape index (κ2) is 5.57. The van der Waals surface area contributed by atoms with Crippen LogP contribution in [0, 0.1) is 2.88 Å². The van der Waals surface area contributed by atoms with Gasteiger partial charge in [-0.25, -0.2) is 0 Å². The van der Waals surface area contributed by atoms with E-state index in [2.05, 4.69) is 63.2 Å². The Labute approximate surface area is 141 Å². The summed E-state index contributed by atoms with van der Waals surface area (Å²) in [6.07, 6.45) is 5.57. The lowest BCUT2D eigenvalue weighted by molar-refractivity contribution is 0.609. The minimum absolute atomic E-state index is 0.447. The molecule has 3 aromatic rings. The number of halogens is 1. The lowest BCUT2D eigenvalue weighted by Gasteiger charge is -2.24. The summed E-state index contributed by atoms with van der Waals surface area (Å²) in [6.45, 7) is 0. The summed E-state index contributed by atoms with van der Waals surface area (Å²) in [5, 5.41) is 4.91. The Kier molecular flexibility index (Phi) is 3.59. The van der Waals surface area contributed by atoms with Crippen molar-refractivity contribution in [1.29, 1.82) is 0 Å². The fraction of sp³-hybridized carbons (Fsp3) is 0.235. The smallest absolute Gasteiger partial charge is 0.0703 e. The third-order valence-corrected chi connectivity index (χ3v) is 6.00. The van der Waals surface area contributed by atoms with Gasteiger partial charge in [0.1, 0.15) is 0 Å². The standard InChI is InChI=1S/C17H15IN2S/c18-17-10-13-15(4-1-5-16(13)21-17)20-12-6-7-14-11(9-12)3-2-8-19-14/h2-3,6-10,15,20H,1,4-5H2. The van der Waals surface area contributed by atoms with Crippen molar-refractivity contribution in [2.75, 3.05) is 5.32 Å². The van der Waals surface area contributed by atoms with E-state index in [1.165, 1.54) is 38.8 Å². The summed E-state index contributed by atoms with van der Waals surface area (Å²) in [7, 11) is 0. The molecule has 0 spiro atoms. The Balaban J connectivity index is 1.66. The third kappa shape index (κ3) is 2.66. The van der Waals surface area contributed by atoms with E-state index in [4.69, 9.17) is 0 Å². The van der Waals surface area contributed by atoms with Crippen LogP contribution in [-0.4, -0.2) is 4.98 Å². The Morgan fingerprint density at radius 3 is 3.14 bits per heavy atom. The van der Waals surface area contributed by atoms with Crippen molar-refractivity contribution in [3.8, 4) is 0 Å². The quantitative estimate of drug-likeness (QED) is 0.578. The monoisotopic (exact) mass is 406 g/mol. The van der Waals surface area contributed by atoms with Gasteiger partial charge in [0.05, 0.1) is 14.4 Å². The van der Waals surface area contributed by atoms with E-state index in [0.717, 1.165) is 5.52 Å². The zero-order valence-electron chi connectivity index (χ0n) is 11.5. The molecule has 4 rings (SSSR count). The number of thiophene rings is 1. The van der Waals surface area contributed by atoms with Crippen LogP contribution in [0.3, 0.4) is 0 Å². The predicted octanol–water partition coefficient (Wildman–Crippen LogP) is 5.39. The van der Waals surface area contributed by atoms with E-state index < -0.39 is 0 Å². The molecule has 106 valence electrons. The predicted molar refractivity (Wildman–Crippen MR) is 98.1 cm³/mol. The first-order valence-corrected chi connectivity index (χ1v) is 9.08. The van der Waals surface area contributed by atoms with Crippen molar-refractivity contribution in [2.24, 2.45) is 0 Å². The molecule has 0 saturated heterocycles. The van der Waals surface area contributed by atoms with Crippen molar-refractivity contribution in [2.45, 2.75) is 25.3 Å². The highest BCUT2D eigenvalue weighted by molar-refractivity contribution is 14.1. The van der Waals surface area contributed by atoms with Crippen LogP contribution in [-0.2, 0) is 6.42 Å². The minimum Gasteiger partial charge on any atom is -0.378 e. The summed E-state index contributed by atoms with van der Waals surface area (Å²) in [5.41, 5.74) is 3.74. The fourth-order valence-corrected chi connectivity index (χ4v) is 5.16. The molecule has 4 heteroatoms. The van der Waals surface area contributed by atoms with Crippen LogP contribution in [0.5, 0.6) is 0 Å². The molecule has 1 aliphatic carbocycles. The number of nitrogens with one attached hydrogen (secondary N) is 1. The van der Waals surface area contributed by atoms with E-state index in [1.807, 2.05) is 23.6 Å². The number of aromatic nitrogens is 1. The molecule has 21 heavy (non-hydrogen) atoms. The zero-order chi connectivity index (χ0) is 14.2. The molecule has 1 N–H and O–H groups in total. The number of nitrogens with zero attached hydrogens (tertiary/aromatic N) is 1. The second-order valence-electron chi connectivity index (χ2n) is 5.43. The largest absolute Gasteiger partial charge is 0.378 e. The van der Waals surface area contributed by atoms with E-state index in [-0.39, 0.29) is 0 Å². The Bertz CT molecular complexity index is 796. The molecule has 0 amide bonds. The Morgan fingerprint density at radius 2 is 2.19 bits per heavy atom. The minimum atomic E-state index is 0.447. The summed E-state index contributed by atoms with van der Waals surface area (Å²) in [6, 6.07) is 13.3. The Morgan fingerprint density at radius 1 is 1.24 bits per heavy atom. The summed E-state index contributed by atoms with van der Waals surface area (Å²) >= 11 is 4.38. The number of rotatable bonds is 2. The first-order valence-electron chi connectivity index (χ1n) is 7.19. The van der Waals surface area contributed by atoms with Gasteiger partial charge in [-0.05, 0) is 77.7 Å². The van der Waals surface area contributed by atoms with Gasteiger partial charge in [-0.15, -0.1) is 11.3 Å². The molecule has 0 fully saturated rings. The highest BCUT2D eigenvalue weighted by Crippen LogP contribution is 2.38. The molecule has 2 nitrogen and oxygen atoms in total. The van der Waals surface area contributed by atoms with Crippen LogP contribution in [0.1, 0.15) is 29.3 Å². The van der Waals surface area contributed by atoms with Crippen LogP contribution in [0.4, 0.5) is 5.69 Å². The molecule has 0 saturated carbocycles. The van der Waals surface area contributed by atoms with Crippen molar-refractivity contribution in [1.82, 2.24) is 4.98 Å². The maximum atomic E-state index is 4.38. The van der Waals surface area contributed by atoms with E-state index in [0.29, 0.717) is 6.04 Å². The van der Waals surface area contributed by atoms with E-state index >= 15 is 0 Å². The molecule has 1 aromatic carbocycles. The number of fused-ring (bicyclic) bond motifs is 2. The number of pyridine rings is 1. The number of aryl methyl sites for hydroxylation is 1. The van der Waals surface area contributed by atoms with Gasteiger partial charge in [-0.1, -0.05) is 6.07 Å². The van der Waals surface area contributed by atoms with Gasteiger partial charge in [0.2, 0.25) is 0 Å². The normalized spacial score (nSPS) is 17.7. The fourth-order valence-electron chi connectivity index (χ4n) is 3.04. The van der Waals surface area contributed by atoms with Gasteiger partial charge in [0, 0.05) is 22.1 Å². The number of benzene rings is 1. The maximum Gasteiger partial charge on any atom is 0.0703 e. The van der Waals surface area contributed by atoms with Gasteiger partial charge >= 0.3 is 0 Å². The van der Waals surface area contributed by atoms with Crippen molar-refractivity contribution >= 4 is 50.5 Å². The van der Waals surface area contributed by atoms with E-state index in [1.54, 1.807) is 4.88 Å². The zero-order valence-corrected chi connectivity index (χ0v) is 14.4.